The fourth-order valence-corrected chi connectivity index (χ4v) is 3.07. The second-order valence-electron chi connectivity index (χ2n) is 6.50. The minimum Gasteiger partial charge on any atom is -0.462 e. The average Bonchev–Trinajstić information content (AvgIpc) is 3.05. The van der Waals surface area contributed by atoms with Crippen molar-refractivity contribution in [1.29, 1.82) is 0 Å². The van der Waals surface area contributed by atoms with E-state index in [4.69, 9.17) is 4.74 Å². The van der Waals surface area contributed by atoms with Crippen LogP contribution in [0, 0.1) is 12.8 Å². The maximum absolute atomic E-state index is 12.7. The first-order valence-corrected chi connectivity index (χ1v) is 8.93. The van der Waals surface area contributed by atoms with Crippen LogP contribution >= 0.6 is 0 Å². The Balaban J connectivity index is 1.72. The standard InChI is InChI=1S/C21H22N2O4/c1-3-27-21(26)17-6-4-5-7-18(17)22-20(25)15-12-19(24)23(13-15)16-10-8-14(2)9-11-16/h4-11,15H,3,12-13H2,1-2H3,(H,22,25)/t15-/m0/s1. The van der Waals surface area contributed by atoms with Gasteiger partial charge in [-0.2, -0.15) is 0 Å². The topological polar surface area (TPSA) is 75.7 Å². The third-order valence-electron chi connectivity index (χ3n) is 4.52. The van der Waals surface area contributed by atoms with Crippen LogP contribution in [0.3, 0.4) is 0 Å². The summed E-state index contributed by atoms with van der Waals surface area (Å²) in [7, 11) is 0. The molecule has 0 radical (unpaired) electrons. The Hall–Kier alpha value is -3.15. The number of nitrogens with zero attached hydrogens (tertiary/aromatic N) is 1. The van der Waals surface area contributed by atoms with E-state index in [0.717, 1.165) is 11.3 Å². The van der Waals surface area contributed by atoms with Gasteiger partial charge in [0.25, 0.3) is 0 Å². The van der Waals surface area contributed by atoms with Crippen molar-refractivity contribution in [3.05, 3.63) is 59.7 Å². The molecule has 3 rings (SSSR count). The molecule has 2 aromatic carbocycles. The second kappa shape index (κ2) is 8.03. The summed E-state index contributed by atoms with van der Waals surface area (Å²) in [6.45, 7) is 4.27. The number of rotatable bonds is 5. The van der Waals surface area contributed by atoms with E-state index in [1.807, 2.05) is 31.2 Å². The first-order chi connectivity index (χ1) is 13.0. The molecular formula is C21H22N2O4. The number of benzene rings is 2. The SMILES string of the molecule is CCOC(=O)c1ccccc1NC(=O)[C@H]1CC(=O)N(c2ccc(C)cc2)C1. The summed E-state index contributed by atoms with van der Waals surface area (Å²) in [4.78, 5) is 38.7. The van der Waals surface area contributed by atoms with Gasteiger partial charge in [-0.1, -0.05) is 29.8 Å². The molecule has 1 heterocycles. The molecule has 27 heavy (non-hydrogen) atoms. The van der Waals surface area contributed by atoms with E-state index in [2.05, 4.69) is 5.32 Å². The van der Waals surface area contributed by atoms with E-state index in [1.165, 1.54) is 0 Å². The van der Waals surface area contributed by atoms with Crippen molar-refractivity contribution < 1.29 is 19.1 Å². The molecule has 1 saturated heterocycles. The Bertz CT molecular complexity index is 861. The summed E-state index contributed by atoms with van der Waals surface area (Å²) in [5.41, 5.74) is 2.58. The second-order valence-corrected chi connectivity index (χ2v) is 6.50. The monoisotopic (exact) mass is 366 g/mol. The Morgan fingerprint density at radius 1 is 1.15 bits per heavy atom. The Kier molecular flexibility index (Phi) is 5.54. The third-order valence-corrected chi connectivity index (χ3v) is 4.52. The molecule has 1 aliphatic rings. The minimum atomic E-state index is -0.489. The third kappa shape index (κ3) is 4.16. The molecule has 0 saturated carbocycles. The van der Waals surface area contributed by atoms with Crippen LogP contribution in [0.2, 0.25) is 0 Å². The summed E-state index contributed by atoms with van der Waals surface area (Å²) in [6, 6.07) is 14.3. The summed E-state index contributed by atoms with van der Waals surface area (Å²) >= 11 is 0. The van der Waals surface area contributed by atoms with E-state index in [1.54, 1.807) is 36.1 Å². The maximum Gasteiger partial charge on any atom is 0.340 e. The van der Waals surface area contributed by atoms with Crippen molar-refractivity contribution >= 4 is 29.2 Å². The highest BCUT2D eigenvalue weighted by molar-refractivity contribution is 6.06. The van der Waals surface area contributed by atoms with Crippen molar-refractivity contribution in [3.63, 3.8) is 0 Å². The van der Waals surface area contributed by atoms with Gasteiger partial charge in [0, 0.05) is 18.7 Å². The summed E-state index contributed by atoms with van der Waals surface area (Å²) in [5, 5.41) is 2.77. The molecule has 2 amide bonds. The van der Waals surface area contributed by atoms with Crippen LogP contribution < -0.4 is 10.2 Å². The lowest BCUT2D eigenvalue weighted by Gasteiger charge is -2.17. The molecule has 6 heteroatoms. The number of carbonyl (C=O) groups excluding carboxylic acids is 3. The number of anilines is 2. The van der Waals surface area contributed by atoms with Crippen LogP contribution in [0.5, 0.6) is 0 Å². The zero-order valence-corrected chi connectivity index (χ0v) is 15.4. The van der Waals surface area contributed by atoms with Crippen LogP contribution in [0.1, 0.15) is 29.3 Å². The van der Waals surface area contributed by atoms with Gasteiger partial charge in [0.2, 0.25) is 11.8 Å². The van der Waals surface area contributed by atoms with Gasteiger partial charge in [0.1, 0.15) is 0 Å². The number of para-hydroxylation sites is 1. The minimum absolute atomic E-state index is 0.0855. The van der Waals surface area contributed by atoms with Crippen molar-refractivity contribution in [3.8, 4) is 0 Å². The number of nitrogens with one attached hydrogen (secondary N) is 1. The Labute approximate surface area is 158 Å². The highest BCUT2D eigenvalue weighted by Crippen LogP contribution is 2.27. The van der Waals surface area contributed by atoms with Gasteiger partial charge in [0.15, 0.2) is 0 Å². The van der Waals surface area contributed by atoms with Crippen molar-refractivity contribution in [2.24, 2.45) is 5.92 Å². The van der Waals surface area contributed by atoms with Crippen LogP contribution in [0.15, 0.2) is 48.5 Å². The largest absolute Gasteiger partial charge is 0.462 e. The molecule has 0 bridgehead atoms. The fraction of sp³-hybridized carbons (Fsp3) is 0.286. The lowest BCUT2D eigenvalue weighted by atomic mass is 10.1. The van der Waals surface area contributed by atoms with Crippen LogP contribution in [-0.2, 0) is 14.3 Å². The Morgan fingerprint density at radius 2 is 1.85 bits per heavy atom. The van der Waals surface area contributed by atoms with Gasteiger partial charge in [-0.15, -0.1) is 0 Å². The molecule has 1 N–H and O–H groups in total. The normalized spacial score (nSPS) is 16.3. The first-order valence-electron chi connectivity index (χ1n) is 8.93. The summed E-state index contributed by atoms with van der Waals surface area (Å²) in [6.07, 6.45) is 0.140. The van der Waals surface area contributed by atoms with Crippen molar-refractivity contribution in [1.82, 2.24) is 0 Å². The van der Waals surface area contributed by atoms with Gasteiger partial charge in [0.05, 0.1) is 23.8 Å². The maximum atomic E-state index is 12.7. The molecule has 1 aliphatic heterocycles. The van der Waals surface area contributed by atoms with Gasteiger partial charge < -0.3 is 15.0 Å². The van der Waals surface area contributed by atoms with E-state index in [0.29, 0.717) is 17.8 Å². The fourth-order valence-electron chi connectivity index (χ4n) is 3.07. The zero-order valence-electron chi connectivity index (χ0n) is 15.4. The van der Waals surface area contributed by atoms with Crippen molar-refractivity contribution in [2.45, 2.75) is 20.3 Å². The predicted molar refractivity (Wildman–Crippen MR) is 103 cm³/mol. The molecule has 1 fully saturated rings. The molecule has 140 valence electrons. The smallest absolute Gasteiger partial charge is 0.340 e. The number of amides is 2. The lowest BCUT2D eigenvalue weighted by Crippen LogP contribution is -2.28. The molecule has 2 aromatic rings. The summed E-state index contributed by atoms with van der Waals surface area (Å²) < 4.78 is 5.02. The molecule has 0 unspecified atom stereocenters. The quantitative estimate of drug-likeness (QED) is 0.825. The van der Waals surface area contributed by atoms with Crippen molar-refractivity contribution in [2.75, 3.05) is 23.4 Å². The number of hydrogen-bond acceptors (Lipinski definition) is 4. The van der Waals surface area contributed by atoms with Crippen LogP contribution in [-0.4, -0.2) is 30.9 Å². The first kappa shape index (κ1) is 18.6. The van der Waals surface area contributed by atoms with E-state index in [-0.39, 0.29) is 24.8 Å². The molecule has 1 atom stereocenters. The zero-order chi connectivity index (χ0) is 19.4. The van der Waals surface area contributed by atoms with Gasteiger partial charge in [-0.25, -0.2) is 4.79 Å². The van der Waals surface area contributed by atoms with E-state index in [9.17, 15) is 14.4 Å². The molecular weight excluding hydrogens is 344 g/mol. The number of ether oxygens (including phenoxy) is 1. The number of aryl methyl sites for hydroxylation is 1. The summed E-state index contributed by atoms with van der Waals surface area (Å²) in [5.74, 6) is -1.33. The lowest BCUT2D eigenvalue weighted by molar-refractivity contribution is -0.122. The van der Waals surface area contributed by atoms with E-state index >= 15 is 0 Å². The number of carbonyl (C=O) groups is 3. The molecule has 6 nitrogen and oxygen atoms in total. The van der Waals surface area contributed by atoms with Gasteiger partial charge in [-0.05, 0) is 38.1 Å². The Morgan fingerprint density at radius 3 is 2.56 bits per heavy atom. The molecule has 0 aromatic heterocycles. The predicted octanol–water partition coefficient (Wildman–Crippen LogP) is 3.16. The van der Waals surface area contributed by atoms with Gasteiger partial charge in [-0.3, -0.25) is 9.59 Å². The molecule has 0 aliphatic carbocycles. The van der Waals surface area contributed by atoms with Gasteiger partial charge >= 0.3 is 5.97 Å². The number of hydrogen-bond donors (Lipinski definition) is 1. The van der Waals surface area contributed by atoms with Crippen LogP contribution in [0.25, 0.3) is 0 Å². The molecule has 0 spiro atoms. The van der Waals surface area contributed by atoms with Crippen LogP contribution in [0.4, 0.5) is 11.4 Å². The van der Waals surface area contributed by atoms with E-state index < -0.39 is 11.9 Å². The highest BCUT2D eigenvalue weighted by Gasteiger charge is 2.35. The average molecular weight is 366 g/mol. The highest BCUT2D eigenvalue weighted by atomic mass is 16.5. The number of esters is 1.